The van der Waals surface area contributed by atoms with Crippen molar-refractivity contribution in [2.24, 2.45) is 0 Å². The maximum absolute atomic E-state index is 11.6. The Morgan fingerprint density at radius 2 is 1.33 bits per heavy atom. The van der Waals surface area contributed by atoms with Gasteiger partial charge in [-0.2, -0.15) is 0 Å². The molecule has 4 amide bonds. The molecule has 0 bridgehead atoms. The van der Waals surface area contributed by atoms with Crippen molar-refractivity contribution in [2.75, 3.05) is 6.54 Å². The molecule has 0 aromatic heterocycles. The van der Waals surface area contributed by atoms with Crippen molar-refractivity contribution >= 4 is 12.1 Å². The second-order valence-corrected chi connectivity index (χ2v) is 3.95. The normalized spacial score (nSPS) is 10.3. The lowest BCUT2D eigenvalue weighted by molar-refractivity contribution is 0.185. The van der Waals surface area contributed by atoms with Crippen molar-refractivity contribution in [2.45, 2.75) is 46.7 Å². The molecule has 0 atom stereocenters. The number of imide groups is 1. The van der Waals surface area contributed by atoms with Gasteiger partial charge in [-0.15, -0.1) is 0 Å². The molecular formula is C10H21N3O2. The van der Waals surface area contributed by atoms with Crippen LogP contribution in [0.4, 0.5) is 9.59 Å². The van der Waals surface area contributed by atoms with E-state index in [1.54, 1.807) is 6.92 Å². The van der Waals surface area contributed by atoms with Gasteiger partial charge < -0.3 is 10.6 Å². The van der Waals surface area contributed by atoms with E-state index in [4.69, 9.17) is 0 Å². The predicted octanol–water partition coefficient (Wildman–Crippen LogP) is 1.54. The molecule has 0 spiro atoms. The molecule has 0 saturated carbocycles. The summed E-state index contributed by atoms with van der Waals surface area (Å²) in [5.74, 6) is 0. The highest BCUT2D eigenvalue weighted by Crippen LogP contribution is 1.93. The third-order valence-corrected chi connectivity index (χ3v) is 1.63. The van der Waals surface area contributed by atoms with Crippen LogP contribution in [0.1, 0.15) is 34.6 Å². The first kappa shape index (κ1) is 13.7. The summed E-state index contributed by atoms with van der Waals surface area (Å²) in [7, 11) is 0. The zero-order chi connectivity index (χ0) is 12.0. The zero-order valence-electron chi connectivity index (χ0n) is 10.1. The fourth-order valence-electron chi connectivity index (χ4n) is 1.03. The Morgan fingerprint density at radius 3 is 1.53 bits per heavy atom. The average Bonchev–Trinajstić information content (AvgIpc) is 2.01. The topological polar surface area (TPSA) is 61.4 Å². The summed E-state index contributed by atoms with van der Waals surface area (Å²) in [5, 5.41) is 5.35. The second-order valence-electron chi connectivity index (χ2n) is 3.95. The minimum Gasteiger partial charge on any atom is -0.335 e. The Hall–Kier alpha value is -1.26. The lowest BCUT2D eigenvalue weighted by atomic mass is 10.4. The fraction of sp³-hybridized carbons (Fsp3) is 0.800. The maximum Gasteiger partial charge on any atom is 0.325 e. The van der Waals surface area contributed by atoms with Crippen LogP contribution in [0.5, 0.6) is 0 Å². The second kappa shape index (κ2) is 6.27. The van der Waals surface area contributed by atoms with Gasteiger partial charge in [0.05, 0.1) is 0 Å². The Bertz CT molecular complexity index is 205. The van der Waals surface area contributed by atoms with Crippen molar-refractivity contribution in [1.82, 2.24) is 15.5 Å². The van der Waals surface area contributed by atoms with Crippen molar-refractivity contribution in [3.05, 3.63) is 0 Å². The first-order valence-electron chi connectivity index (χ1n) is 5.27. The van der Waals surface area contributed by atoms with E-state index in [2.05, 4.69) is 10.6 Å². The smallest absolute Gasteiger partial charge is 0.325 e. The summed E-state index contributed by atoms with van der Waals surface area (Å²) in [5.41, 5.74) is 0. The van der Waals surface area contributed by atoms with Gasteiger partial charge in [0.25, 0.3) is 0 Å². The first-order valence-corrected chi connectivity index (χ1v) is 5.27. The predicted molar refractivity (Wildman–Crippen MR) is 59.7 cm³/mol. The van der Waals surface area contributed by atoms with Crippen LogP contribution < -0.4 is 10.6 Å². The number of urea groups is 2. The van der Waals surface area contributed by atoms with Gasteiger partial charge >= 0.3 is 12.1 Å². The molecule has 0 heterocycles. The molecule has 0 aromatic rings. The minimum absolute atomic E-state index is 0.0263. The highest BCUT2D eigenvalue weighted by Gasteiger charge is 2.20. The highest BCUT2D eigenvalue weighted by atomic mass is 16.2. The Balaban J connectivity index is 4.34. The molecule has 2 N–H and O–H groups in total. The monoisotopic (exact) mass is 215 g/mol. The van der Waals surface area contributed by atoms with Crippen LogP contribution in [0, 0.1) is 0 Å². The van der Waals surface area contributed by atoms with Gasteiger partial charge in [-0.25, -0.2) is 14.5 Å². The molecule has 0 aliphatic carbocycles. The number of rotatable bonds is 3. The number of carbonyl (C=O) groups is 2. The molecule has 0 fully saturated rings. The van der Waals surface area contributed by atoms with Crippen LogP contribution in [0.3, 0.4) is 0 Å². The number of nitrogens with one attached hydrogen (secondary N) is 2. The molecule has 0 aliphatic rings. The third kappa shape index (κ3) is 5.24. The molecule has 0 unspecified atom stereocenters. The summed E-state index contributed by atoms with van der Waals surface area (Å²) in [6.45, 7) is 9.54. The molecule has 0 aliphatic heterocycles. The lowest BCUT2D eigenvalue weighted by Crippen LogP contribution is -2.51. The SMILES string of the molecule is CCN(C(=O)NC(C)C)C(=O)NC(C)C. The van der Waals surface area contributed by atoms with Gasteiger partial charge in [-0.1, -0.05) is 0 Å². The van der Waals surface area contributed by atoms with Crippen molar-refractivity contribution in [1.29, 1.82) is 0 Å². The molecular weight excluding hydrogens is 194 g/mol. The fourth-order valence-corrected chi connectivity index (χ4v) is 1.03. The van der Waals surface area contributed by atoms with Crippen LogP contribution in [0.15, 0.2) is 0 Å². The Kier molecular flexibility index (Phi) is 5.74. The molecule has 0 aromatic carbocycles. The van der Waals surface area contributed by atoms with E-state index in [0.29, 0.717) is 6.54 Å². The third-order valence-electron chi connectivity index (χ3n) is 1.63. The van der Waals surface area contributed by atoms with Crippen molar-refractivity contribution in [3.8, 4) is 0 Å². The van der Waals surface area contributed by atoms with Crippen LogP contribution in [0.25, 0.3) is 0 Å². The molecule has 5 heteroatoms. The minimum atomic E-state index is -0.356. The van der Waals surface area contributed by atoms with Crippen molar-refractivity contribution in [3.63, 3.8) is 0 Å². The van der Waals surface area contributed by atoms with Crippen LogP contribution in [-0.2, 0) is 0 Å². The summed E-state index contributed by atoms with van der Waals surface area (Å²) in [4.78, 5) is 24.3. The zero-order valence-corrected chi connectivity index (χ0v) is 10.1. The van der Waals surface area contributed by atoms with E-state index in [-0.39, 0.29) is 24.1 Å². The van der Waals surface area contributed by atoms with Gasteiger partial charge in [0, 0.05) is 18.6 Å². The van der Waals surface area contributed by atoms with E-state index in [0.717, 1.165) is 4.90 Å². The summed E-state index contributed by atoms with van der Waals surface area (Å²) < 4.78 is 0. The van der Waals surface area contributed by atoms with Gasteiger partial charge in [-0.3, -0.25) is 0 Å². The number of hydrogen-bond acceptors (Lipinski definition) is 2. The first-order chi connectivity index (χ1) is 6.88. The number of nitrogens with zero attached hydrogens (tertiary/aromatic N) is 1. The van der Waals surface area contributed by atoms with E-state index < -0.39 is 0 Å². The molecule has 15 heavy (non-hydrogen) atoms. The van der Waals surface area contributed by atoms with Gasteiger partial charge in [-0.05, 0) is 34.6 Å². The molecule has 0 radical (unpaired) electrons. The van der Waals surface area contributed by atoms with E-state index in [1.807, 2.05) is 27.7 Å². The standard InChI is InChI=1S/C10H21N3O2/c1-6-13(9(14)11-7(2)3)10(15)12-8(4)5/h7-8H,6H2,1-5H3,(H,11,14)(H,12,15). The summed E-state index contributed by atoms with van der Waals surface area (Å²) >= 11 is 0. The molecule has 0 rings (SSSR count). The number of hydrogen-bond donors (Lipinski definition) is 2. The summed E-state index contributed by atoms with van der Waals surface area (Å²) in [6, 6.07) is -0.659. The van der Waals surface area contributed by atoms with Crippen LogP contribution in [-0.4, -0.2) is 35.6 Å². The highest BCUT2D eigenvalue weighted by molar-refractivity contribution is 5.93. The van der Waals surface area contributed by atoms with Crippen molar-refractivity contribution < 1.29 is 9.59 Å². The Labute approximate surface area is 91.2 Å². The molecule has 88 valence electrons. The van der Waals surface area contributed by atoms with Gasteiger partial charge in [0.15, 0.2) is 0 Å². The van der Waals surface area contributed by atoms with Crippen LogP contribution >= 0.6 is 0 Å². The Morgan fingerprint density at radius 1 is 1.00 bits per heavy atom. The molecule has 5 nitrogen and oxygen atoms in total. The van der Waals surface area contributed by atoms with E-state index >= 15 is 0 Å². The lowest BCUT2D eigenvalue weighted by Gasteiger charge is -2.22. The van der Waals surface area contributed by atoms with Gasteiger partial charge in [0.1, 0.15) is 0 Å². The van der Waals surface area contributed by atoms with Crippen LogP contribution in [0.2, 0.25) is 0 Å². The average molecular weight is 215 g/mol. The largest absolute Gasteiger partial charge is 0.335 e. The quantitative estimate of drug-likeness (QED) is 0.750. The van der Waals surface area contributed by atoms with E-state index in [1.165, 1.54) is 0 Å². The number of amides is 4. The maximum atomic E-state index is 11.6. The number of carbonyl (C=O) groups excluding carboxylic acids is 2. The van der Waals surface area contributed by atoms with E-state index in [9.17, 15) is 9.59 Å². The summed E-state index contributed by atoms with van der Waals surface area (Å²) in [6.07, 6.45) is 0. The molecule has 0 saturated heterocycles. The van der Waals surface area contributed by atoms with Gasteiger partial charge in [0.2, 0.25) is 0 Å².